The summed E-state index contributed by atoms with van der Waals surface area (Å²) in [5, 5.41) is 7.29. The van der Waals surface area contributed by atoms with Crippen molar-refractivity contribution in [1.82, 2.24) is 14.7 Å². The molecule has 2 aromatic rings. The summed E-state index contributed by atoms with van der Waals surface area (Å²) < 4.78 is 7.01. The summed E-state index contributed by atoms with van der Waals surface area (Å²) in [6.45, 7) is 10.1. The first kappa shape index (κ1) is 21.8. The molecule has 1 saturated carbocycles. The number of likely N-dealkylation sites (tertiary alicyclic amines) is 1. The van der Waals surface area contributed by atoms with Crippen LogP contribution in [0.5, 0.6) is 5.75 Å². The number of amides is 2. The monoisotopic (exact) mass is 436 g/mol. The molecule has 2 heterocycles. The van der Waals surface area contributed by atoms with Crippen LogP contribution in [-0.4, -0.2) is 53.2 Å². The number of carbonyl (C=O) groups is 2. The van der Waals surface area contributed by atoms with E-state index >= 15 is 0 Å². The molecule has 0 unspecified atom stereocenters. The predicted octanol–water partition coefficient (Wildman–Crippen LogP) is 2.25. The number of methoxy groups -OCH3 is 1. The second kappa shape index (κ2) is 9.01. The smallest absolute Gasteiger partial charge is 0.254 e. The molecule has 1 aliphatic heterocycles. The average Bonchev–Trinajstić information content (AvgIpc) is 3.55. The van der Waals surface area contributed by atoms with E-state index in [1.807, 2.05) is 18.2 Å². The van der Waals surface area contributed by atoms with Gasteiger partial charge in [-0.15, -0.1) is 0 Å². The largest absolute Gasteiger partial charge is 0.497 e. The molecule has 3 N–H and O–H groups in total. The number of nitrogens with two attached hydrogens (primary N) is 1. The third-order valence-electron chi connectivity index (χ3n) is 6.36. The van der Waals surface area contributed by atoms with Crippen LogP contribution in [0.2, 0.25) is 0 Å². The standard InChI is InChI=1S/C23H28N6O3/c1-25-15-23(8-10-28(11-9-23)13-16-4-3-5-18(12-16)32-2)29-14-19(20(24)30)21(27-29)26-22(31)17-6-7-17/h3-5,12,14,17H,6-11,13,15H2,2H3,(H2,24,30)(H,26,27,31). The van der Waals surface area contributed by atoms with Gasteiger partial charge in [-0.1, -0.05) is 12.1 Å². The minimum absolute atomic E-state index is 0.0158. The van der Waals surface area contributed by atoms with Crippen LogP contribution < -0.4 is 15.8 Å². The van der Waals surface area contributed by atoms with Gasteiger partial charge in [0, 0.05) is 31.7 Å². The summed E-state index contributed by atoms with van der Waals surface area (Å²) in [5.41, 5.74) is 6.36. The van der Waals surface area contributed by atoms with E-state index < -0.39 is 11.4 Å². The molecule has 32 heavy (non-hydrogen) atoms. The molecule has 4 rings (SSSR count). The minimum Gasteiger partial charge on any atom is -0.497 e. The SMILES string of the molecule is [C-]#[N+]CC1(n2cc(C(N)=O)c(NC(=O)C3CC3)n2)CCN(Cc2cccc(OC)c2)CC1. The van der Waals surface area contributed by atoms with Gasteiger partial charge in [-0.25, -0.2) is 6.57 Å². The predicted molar refractivity (Wildman–Crippen MR) is 119 cm³/mol. The summed E-state index contributed by atoms with van der Waals surface area (Å²) >= 11 is 0. The number of piperidine rings is 1. The second-order valence-electron chi connectivity index (χ2n) is 8.63. The van der Waals surface area contributed by atoms with Crippen molar-refractivity contribution in [3.8, 4) is 5.75 Å². The van der Waals surface area contributed by atoms with E-state index in [9.17, 15) is 9.59 Å². The van der Waals surface area contributed by atoms with Gasteiger partial charge in [-0.05, 0) is 43.4 Å². The van der Waals surface area contributed by atoms with Gasteiger partial charge in [0.05, 0.1) is 7.11 Å². The summed E-state index contributed by atoms with van der Waals surface area (Å²) in [7, 11) is 1.66. The minimum atomic E-state index is -0.643. The normalized spacial score (nSPS) is 18.0. The molecule has 2 amide bonds. The van der Waals surface area contributed by atoms with Crippen molar-refractivity contribution in [3.63, 3.8) is 0 Å². The number of hydrogen-bond donors (Lipinski definition) is 2. The van der Waals surface area contributed by atoms with Crippen molar-refractivity contribution in [1.29, 1.82) is 0 Å². The van der Waals surface area contributed by atoms with E-state index in [1.54, 1.807) is 18.0 Å². The van der Waals surface area contributed by atoms with Crippen molar-refractivity contribution < 1.29 is 14.3 Å². The van der Waals surface area contributed by atoms with Gasteiger partial charge in [-0.2, -0.15) is 5.10 Å². The molecule has 0 radical (unpaired) electrons. The first-order valence-corrected chi connectivity index (χ1v) is 10.8. The fourth-order valence-electron chi connectivity index (χ4n) is 4.22. The topological polar surface area (TPSA) is 107 Å². The van der Waals surface area contributed by atoms with Crippen LogP contribution in [-0.2, 0) is 16.9 Å². The molecule has 9 nitrogen and oxygen atoms in total. The lowest BCUT2D eigenvalue weighted by atomic mass is 9.87. The molecule has 0 spiro atoms. The number of hydrogen-bond acceptors (Lipinski definition) is 5. The molecule has 1 aromatic heterocycles. The van der Waals surface area contributed by atoms with Crippen LogP contribution >= 0.6 is 0 Å². The lowest BCUT2D eigenvalue weighted by Gasteiger charge is -2.38. The number of aromatic nitrogens is 2. The van der Waals surface area contributed by atoms with Gasteiger partial charge in [0.2, 0.25) is 12.5 Å². The average molecular weight is 437 g/mol. The van der Waals surface area contributed by atoms with Crippen LogP contribution in [0.1, 0.15) is 41.6 Å². The zero-order chi connectivity index (χ0) is 22.7. The third-order valence-corrected chi connectivity index (χ3v) is 6.36. The molecule has 1 aliphatic carbocycles. The maximum absolute atomic E-state index is 12.2. The molecule has 0 atom stereocenters. The molecule has 9 heteroatoms. The Morgan fingerprint density at radius 2 is 2.09 bits per heavy atom. The molecule has 0 bridgehead atoms. The Morgan fingerprint density at radius 3 is 2.72 bits per heavy atom. The van der Waals surface area contributed by atoms with E-state index in [0.29, 0.717) is 12.8 Å². The molecule has 1 saturated heterocycles. The van der Waals surface area contributed by atoms with Crippen LogP contribution in [0, 0.1) is 12.5 Å². The Morgan fingerprint density at radius 1 is 1.34 bits per heavy atom. The first-order chi connectivity index (χ1) is 15.4. The second-order valence-corrected chi connectivity index (χ2v) is 8.63. The molecule has 168 valence electrons. The van der Waals surface area contributed by atoms with Gasteiger partial charge < -0.3 is 20.6 Å². The Balaban J connectivity index is 1.51. The van der Waals surface area contributed by atoms with Crippen LogP contribution in [0.4, 0.5) is 5.82 Å². The van der Waals surface area contributed by atoms with Crippen molar-refractivity contribution in [2.45, 2.75) is 37.8 Å². The number of ether oxygens (including phenoxy) is 1. The maximum Gasteiger partial charge on any atom is 0.254 e. The Kier molecular flexibility index (Phi) is 6.15. The number of anilines is 1. The van der Waals surface area contributed by atoms with Crippen molar-refractivity contribution in [2.24, 2.45) is 11.7 Å². The Hall–Kier alpha value is -3.38. The number of nitrogens with zero attached hydrogens (tertiary/aromatic N) is 4. The molecule has 2 fully saturated rings. The van der Waals surface area contributed by atoms with Crippen LogP contribution in [0.25, 0.3) is 4.85 Å². The number of carbonyl (C=O) groups excluding carboxylic acids is 2. The maximum atomic E-state index is 12.2. The third kappa shape index (κ3) is 4.60. The van der Waals surface area contributed by atoms with Gasteiger partial charge in [-0.3, -0.25) is 19.2 Å². The lowest BCUT2D eigenvalue weighted by molar-refractivity contribution is -0.117. The van der Waals surface area contributed by atoms with Gasteiger partial charge in [0.1, 0.15) is 16.9 Å². The summed E-state index contributed by atoms with van der Waals surface area (Å²) in [4.78, 5) is 30.2. The highest BCUT2D eigenvalue weighted by Gasteiger charge is 2.41. The highest BCUT2D eigenvalue weighted by molar-refractivity contribution is 6.02. The fraction of sp³-hybridized carbons (Fsp3) is 0.478. The van der Waals surface area contributed by atoms with E-state index in [4.69, 9.17) is 17.0 Å². The zero-order valence-electron chi connectivity index (χ0n) is 18.2. The number of primary amides is 1. The number of benzene rings is 1. The van der Waals surface area contributed by atoms with E-state index in [0.717, 1.165) is 38.2 Å². The molecule has 1 aromatic carbocycles. The molecular formula is C23H28N6O3. The summed E-state index contributed by atoms with van der Waals surface area (Å²) in [5.74, 6) is 0.231. The van der Waals surface area contributed by atoms with Gasteiger partial charge in [0.15, 0.2) is 5.82 Å². The Labute approximate surface area is 187 Å². The molecular weight excluding hydrogens is 408 g/mol. The fourth-order valence-corrected chi connectivity index (χ4v) is 4.22. The Bertz CT molecular complexity index is 1040. The van der Waals surface area contributed by atoms with Gasteiger partial charge >= 0.3 is 0 Å². The van der Waals surface area contributed by atoms with Crippen LogP contribution in [0.3, 0.4) is 0 Å². The van der Waals surface area contributed by atoms with E-state index in [-0.39, 0.29) is 29.8 Å². The first-order valence-electron chi connectivity index (χ1n) is 10.8. The quantitative estimate of drug-likeness (QED) is 0.618. The lowest BCUT2D eigenvalue weighted by Crippen LogP contribution is -2.48. The summed E-state index contributed by atoms with van der Waals surface area (Å²) in [6.07, 6.45) is 4.70. The highest BCUT2D eigenvalue weighted by Crippen LogP contribution is 2.34. The zero-order valence-corrected chi connectivity index (χ0v) is 18.2. The van der Waals surface area contributed by atoms with E-state index in [2.05, 4.69) is 26.2 Å². The van der Waals surface area contributed by atoms with Gasteiger partial charge in [0.25, 0.3) is 5.91 Å². The van der Waals surface area contributed by atoms with E-state index in [1.165, 1.54) is 5.56 Å². The van der Waals surface area contributed by atoms with Crippen molar-refractivity contribution in [2.75, 3.05) is 32.1 Å². The van der Waals surface area contributed by atoms with Crippen molar-refractivity contribution in [3.05, 3.63) is 53.0 Å². The van der Waals surface area contributed by atoms with Crippen LogP contribution in [0.15, 0.2) is 30.5 Å². The number of nitrogens with one attached hydrogen (secondary N) is 1. The highest BCUT2D eigenvalue weighted by atomic mass is 16.5. The summed E-state index contributed by atoms with van der Waals surface area (Å²) in [6, 6.07) is 8.01. The van der Waals surface area contributed by atoms with Crippen molar-refractivity contribution >= 4 is 17.6 Å². The number of rotatable bonds is 8. The molecule has 2 aliphatic rings.